The van der Waals surface area contributed by atoms with Crippen molar-refractivity contribution >= 4 is 0 Å². The molecule has 3 nitrogen and oxygen atoms in total. The van der Waals surface area contributed by atoms with Crippen molar-refractivity contribution < 1.29 is 9.47 Å². The quantitative estimate of drug-likeness (QED) is 0.858. The summed E-state index contributed by atoms with van der Waals surface area (Å²) < 4.78 is 10.9. The maximum absolute atomic E-state index is 6.30. The van der Waals surface area contributed by atoms with Crippen LogP contribution in [0.25, 0.3) is 0 Å². The molecule has 3 atom stereocenters. The van der Waals surface area contributed by atoms with Gasteiger partial charge in [0.2, 0.25) is 0 Å². The van der Waals surface area contributed by atoms with Crippen molar-refractivity contribution in [3.05, 3.63) is 29.8 Å². The molecule has 2 rings (SSSR count). The van der Waals surface area contributed by atoms with Crippen molar-refractivity contribution in [3.63, 3.8) is 0 Å². The predicted octanol–water partition coefficient (Wildman–Crippen LogP) is 2.94. The smallest absolute Gasteiger partial charge is 0.122 e. The summed E-state index contributed by atoms with van der Waals surface area (Å²) in [6.45, 7) is 3.79. The molecule has 1 aliphatic heterocycles. The van der Waals surface area contributed by atoms with Crippen LogP contribution in [0.2, 0.25) is 0 Å². The van der Waals surface area contributed by atoms with Gasteiger partial charge in [0.25, 0.3) is 0 Å². The van der Waals surface area contributed by atoms with E-state index in [1.54, 1.807) is 7.11 Å². The molecule has 0 aliphatic carbocycles. The molecule has 0 fully saturated rings. The molecule has 3 heteroatoms. The first-order valence-corrected chi connectivity index (χ1v) is 7.17. The third-order valence-corrected chi connectivity index (χ3v) is 3.83. The van der Waals surface area contributed by atoms with Crippen LogP contribution >= 0.6 is 0 Å². The van der Waals surface area contributed by atoms with Gasteiger partial charge in [-0.3, -0.25) is 0 Å². The summed E-state index contributed by atoms with van der Waals surface area (Å²) in [4.78, 5) is 0. The Balaban J connectivity index is 1.93. The first-order chi connectivity index (χ1) is 9.20. The highest BCUT2D eigenvalue weighted by atomic mass is 16.5. The molecule has 1 aliphatic rings. The molecule has 0 spiro atoms. The molecule has 0 saturated heterocycles. The van der Waals surface area contributed by atoms with Gasteiger partial charge in [0.1, 0.15) is 5.75 Å². The minimum absolute atomic E-state index is 0.237. The largest absolute Gasteiger partial charge is 0.493 e. The van der Waals surface area contributed by atoms with Gasteiger partial charge in [0, 0.05) is 19.8 Å². The number of nitrogens with two attached hydrogens (primary N) is 1. The van der Waals surface area contributed by atoms with Crippen LogP contribution in [0, 0.1) is 5.92 Å². The Morgan fingerprint density at radius 2 is 2.21 bits per heavy atom. The Labute approximate surface area is 116 Å². The zero-order valence-corrected chi connectivity index (χ0v) is 12.0. The van der Waals surface area contributed by atoms with Gasteiger partial charge >= 0.3 is 0 Å². The molecular formula is C16H25NO2. The number of fused-ring (bicyclic) bond motifs is 1. The lowest BCUT2D eigenvalue weighted by molar-refractivity contribution is 0.150. The molecule has 3 unspecified atom stereocenters. The maximum atomic E-state index is 6.30. The number of ether oxygens (including phenoxy) is 2. The van der Waals surface area contributed by atoms with Gasteiger partial charge in [-0.2, -0.15) is 0 Å². The highest BCUT2D eigenvalue weighted by Crippen LogP contribution is 2.36. The highest BCUT2D eigenvalue weighted by molar-refractivity contribution is 5.37. The van der Waals surface area contributed by atoms with Gasteiger partial charge in [-0.15, -0.1) is 0 Å². The lowest BCUT2D eigenvalue weighted by Crippen LogP contribution is -2.28. The summed E-state index contributed by atoms with van der Waals surface area (Å²) in [5.41, 5.74) is 7.62. The predicted molar refractivity (Wildman–Crippen MR) is 77.5 cm³/mol. The van der Waals surface area contributed by atoms with Crippen LogP contribution in [-0.2, 0) is 4.74 Å². The summed E-state index contributed by atoms with van der Waals surface area (Å²) in [5.74, 6) is 2.10. The average molecular weight is 263 g/mol. The molecule has 19 heavy (non-hydrogen) atoms. The Kier molecular flexibility index (Phi) is 5.23. The minimum Gasteiger partial charge on any atom is -0.493 e. The number of hydrogen-bond acceptors (Lipinski definition) is 3. The maximum Gasteiger partial charge on any atom is 0.122 e. The SMILES string of the molecule is COCC(C)CC(N)CC1CCOc2ccccc21. The van der Waals surface area contributed by atoms with E-state index in [1.807, 2.05) is 6.07 Å². The van der Waals surface area contributed by atoms with E-state index in [2.05, 4.69) is 25.1 Å². The van der Waals surface area contributed by atoms with Gasteiger partial charge in [-0.1, -0.05) is 25.1 Å². The molecule has 106 valence electrons. The van der Waals surface area contributed by atoms with E-state index in [0.717, 1.165) is 38.2 Å². The summed E-state index contributed by atoms with van der Waals surface area (Å²) >= 11 is 0. The fourth-order valence-electron chi connectivity index (χ4n) is 2.99. The molecule has 0 amide bonds. The average Bonchev–Trinajstić information content (AvgIpc) is 2.39. The Hall–Kier alpha value is -1.06. The van der Waals surface area contributed by atoms with Crippen molar-refractivity contribution in [1.29, 1.82) is 0 Å². The van der Waals surface area contributed by atoms with Crippen molar-refractivity contribution in [2.45, 2.75) is 38.1 Å². The number of hydrogen-bond donors (Lipinski definition) is 1. The lowest BCUT2D eigenvalue weighted by Gasteiger charge is -2.28. The minimum atomic E-state index is 0.237. The second kappa shape index (κ2) is 6.92. The molecule has 0 bridgehead atoms. The van der Waals surface area contributed by atoms with Crippen LogP contribution in [0.15, 0.2) is 24.3 Å². The van der Waals surface area contributed by atoms with Gasteiger partial charge in [-0.05, 0) is 42.7 Å². The second-order valence-corrected chi connectivity index (χ2v) is 5.66. The number of rotatable bonds is 6. The van der Waals surface area contributed by atoms with Crippen molar-refractivity contribution in [1.82, 2.24) is 0 Å². The zero-order valence-electron chi connectivity index (χ0n) is 12.0. The van der Waals surface area contributed by atoms with Crippen molar-refractivity contribution in [2.24, 2.45) is 11.7 Å². The van der Waals surface area contributed by atoms with E-state index in [4.69, 9.17) is 15.2 Å². The van der Waals surface area contributed by atoms with Crippen molar-refractivity contribution in [2.75, 3.05) is 20.3 Å². The van der Waals surface area contributed by atoms with E-state index in [1.165, 1.54) is 5.56 Å². The fraction of sp³-hybridized carbons (Fsp3) is 0.625. The molecule has 0 aromatic heterocycles. The summed E-state index contributed by atoms with van der Waals surface area (Å²) in [7, 11) is 1.75. The summed E-state index contributed by atoms with van der Waals surface area (Å²) in [6.07, 6.45) is 3.13. The first kappa shape index (κ1) is 14.4. The van der Waals surface area contributed by atoms with Crippen LogP contribution < -0.4 is 10.5 Å². The first-order valence-electron chi connectivity index (χ1n) is 7.17. The van der Waals surface area contributed by atoms with Crippen LogP contribution in [0.1, 0.15) is 37.7 Å². The normalized spacial score (nSPS) is 21.3. The van der Waals surface area contributed by atoms with Crippen LogP contribution in [-0.4, -0.2) is 26.4 Å². The Morgan fingerprint density at radius 3 is 3.00 bits per heavy atom. The highest BCUT2D eigenvalue weighted by Gasteiger charge is 2.23. The van der Waals surface area contributed by atoms with E-state index < -0.39 is 0 Å². The molecule has 1 heterocycles. The monoisotopic (exact) mass is 263 g/mol. The molecule has 0 radical (unpaired) electrons. The fourth-order valence-corrected chi connectivity index (χ4v) is 2.99. The molecule has 0 saturated carbocycles. The number of para-hydroxylation sites is 1. The Morgan fingerprint density at radius 1 is 1.42 bits per heavy atom. The zero-order chi connectivity index (χ0) is 13.7. The summed E-state index contributed by atoms with van der Waals surface area (Å²) in [6, 6.07) is 8.58. The van der Waals surface area contributed by atoms with Gasteiger partial charge in [0.15, 0.2) is 0 Å². The summed E-state index contributed by atoms with van der Waals surface area (Å²) in [5, 5.41) is 0. The molecule has 1 aromatic carbocycles. The molecule has 2 N–H and O–H groups in total. The number of benzene rings is 1. The van der Waals surface area contributed by atoms with Crippen molar-refractivity contribution in [3.8, 4) is 5.75 Å². The van der Waals surface area contributed by atoms with E-state index in [9.17, 15) is 0 Å². The van der Waals surface area contributed by atoms with E-state index in [0.29, 0.717) is 11.8 Å². The van der Waals surface area contributed by atoms with E-state index >= 15 is 0 Å². The number of methoxy groups -OCH3 is 1. The lowest BCUT2D eigenvalue weighted by atomic mass is 9.85. The topological polar surface area (TPSA) is 44.5 Å². The van der Waals surface area contributed by atoms with Crippen LogP contribution in [0.3, 0.4) is 0 Å². The van der Waals surface area contributed by atoms with Crippen LogP contribution in [0.4, 0.5) is 0 Å². The van der Waals surface area contributed by atoms with Gasteiger partial charge in [0.05, 0.1) is 6.61 Å². The Bertz CT molecular complexity index is 394. The van der Waals surface area contributed by atoms with Crippen LogP contribution in [0.5, 0.6) is 5.75 Å². The second-order valence-electron chi connectivity index (χ2n) is 5.66. The molecule has 1 aromatic rings. The van der Waals surface area contributed by atoms with E-state index in [-0.39, 0.29) is 6.04 Å². The third kappa shape index (κ3) is 3.95. The van der Waals surface area contributed by atoms with Gasteiger partial charge < -0.3 is 15.2 Å². The standard InChI is InChI=1S/C16H25NO2/c1-12(11-18-2)9-14(17)10-13-7-8-19-16-6-4-3-5-15(13)16/h3-6,12-14H,7-11,17H2,1-2H3. The third-order valence-electron chi connectivity index (χ3n) is 3.83. The molecular weight excluding hydrogens is 238 g/mol. The van der Waals surface area contributed by atoms with Gasteiger partial charge in [-0.25, -0.2) is 0 Å².